The molecule has 0 aromatic carbocycles. The molecular formula is C15H20FN. The minimum atomic E-state index is -0.230. The lowest BCUT2D eigenvalue weighted by atomic mass is 9.99. The molecule has 0 saturated heterocycles. The Hall–Kier alpha value is -1.57. The fourth-order valence-corrected chi connectivity index (χ4v) is 2.08. The summed E-state index contributed by atoms with van der Waals surface area (Å²) in [6.45, 7) is 9.52. The van der Waals surface area contributed by atoms with Crippen LogP contribution in [0.2, 0.25) is 0 Å². The summed E-state index contributed by atoms with van der Waals surface area (Å²) in [6, 6.07) is 0. The summed E-state index contributed by atoms with van der Waals surface area (Å²) in [7, 11) is 1.93. The number of hydrogen-bond acceptors (Lipinski definition) is 1. The maximum absolute atomic E-state index is 14.1. The molecule has 0 aliphatic heterocycles. The Balaban J connectivity index is 3.34. The number of nitrogens with zero attached hydrogens (tertiary/aromatic N) is 1. The predicted molar refractivity (Wildman–Crippen MR) is 72.0 cm³/mol. The largest absolute Gasteiger partial charge is 0.351 e. The average Bonchev–Trinajstić information content (AvgIpc) is 2.27. The van der Waals surface area contributed by atoms with Crippen molar-refractivity contribution in [3.05, 3.63) is 59.3 Å². The Labute approximate surface area is 103 Å². The van der Waals surface area contributed by atoms with Crippen molar-refractivity contribution >= 4 is 0 Å². The monoisotopic (exact) mass is 233 g/mol. The molecule has 0 spiro atoms. The summed E-state index contributed by atoms with van der Waals surface area (Å²) in [5.41, 5.74) is 3.19. The van der Waals surface area contributed by atoms with Crippen LogP contribution in [0.3, 0.4) is 0 Å². The second-order valence-electron chi connectivity index (χ2n) is 4.29. The first kappa shape index (κ1) is 13.5. The zero-order valence-corrected chi connectivity index (χ0v) is 11.0. The van der Waals surface area contributed by atoms with Crippen molar-refractivity contribution in [3.8, 4) is 0 Å². The van der Waals surface area contributed by atoms with Crippen LogP contribution in [0.15, 0.2) is 59.3 Å². The number of rotatable bonds is 2. The molecule has 1 nitrogen and oxygen atoms in total. The van der Waals surface area contributed by atoms with Crippen LogP contribution in [0.4, 0.5) is 4.39 Å². The van der Waals surface area contributed by atoms with E-state index in [1.54, 1.807) is 13.0 Å². The molecule has 17 heavy (non-hydrogen) atoms. The SMILES string of the molecule is C=C1/C=C\C/C(C)=C(N(C)/C=C\C)\C(C)=C/1F. The molecule has 0 amide bonds. The molecule has 0 heterocycles. The van der Waals surface area contributed by atoms with Gasteiger partial charge in [0.25, 0.3) is 0 Å². The highest BCUT2D eigenvalue weighted by molar-refractivity contribution is 5.47. The van der Waals surface area contributed by atoms with Gasteiger partial charge in [-0.25, -0.2) is 4.39 Å². The fraction of sp³-hybridized carbons (Fsp3) is 0.333. The average molecular weight is 233 g/mol. The van der Waals surface area contributed by atoms with Gasteiger partial charge in [0.1, 0.15) is 5.83 Å². The number of hydrogen-bond donors (Lipinski definition) is 0. The van der Waals surface area contributed by atoms with Gasteiger partial charge < -0.3 is 4.90 Å². The summed E-state index contributed by atoms with van der Waals surface area (Å²) in [4.78, 5) is 1.96. The summed E-state index contributed by atoms with van der Waals surface area (Å²) in [5.74, 6) is -0.230. The van der Waals surface area contributed by atoms with Crippen molar-refractivity contribution < 1.29 is 4.39 Å². The Bertz CT molecular complexity index is 436. The van der Waals surface area contributed by atoms with E-state index in [0.717, 1.165) is 17.7 Å². The molecule has 0 radical (unpaired) electrons. The van der Waals surface area contributed by atoms with Crippen LogP contribution in [0.5, 0.6) is 0 Å². The van der Waals surface area contributed by atoms with Crippen molar-refractivity contribution in [2.75, 3.05) is 7.05 Å². The van der Waals surface area contributed by atoms with Crippen molar-refractivity contribution in [2.24, 2.45) is 0 Å². The van der Waals surface area contributed by atoms with Gasteiger partial charge in [0, 0.05) is 23.9 Å². The van der Waals surface area contributed by atoms with Gasteiger partial charge in [-0.3, -0.25) is 0 Å². The molecule has 0 bridgehead atoms. The summed E-state index contributed by atoms with van der Waals surface area (Å²) in [6.07, 6.45) is 8.39. The van der Waals surface area contributed by atoms with Gasteiger partial charge >= 0.3 is 0 Å². The van der Waals surface area contributed by atoms with E-state index in [1.807, 2.05) is 44.1 Å². The lowest BCUT2D eigenvalue weighted by Gasteiger charge is -2.24. The van der Waals surface area contributed by atoms with Gasteiger partial charge in [-0.15, -0.1) is 0 Å². The van der Waals surface area contributed by atoms with E-state index in [0.29, 0.717) is 11.1 Å². The van der Waals surface area contributed by atoms with E-state index in [9.17, 15) is 4.39 Å². The molecule has 1 aliphatic rings. The van der Waals surface area contributed by atoms with Gasteiger partial charge in [0.2, 0.25) is 0 Å². The van der Waals surface area contributed by atoms with Crippen LogP contribution in [0, 0.1) is 0 Å². The van der Waals surface area contributed by atoms with Crippen LogP contribution in [-0.2, 0) is 0 Å². The van der Waals surface area contributed by atoms with Crippen LogP contribution in [0.25, 0.3) is 0 Å². The Morgan fingerprint density at radius 3 is 2.65 bits per heavy atom. The fourth-order valence-electron chi connectivity index (χ4n) is 2.08. The van der Waals surface area contributed by atoms with E-state index in [2.05, 4.69) is 6.58 Å². The van der Waals surface area contributed by atoms with Gasteiger partial charge in [-0.1, -0.05) is 24.8 Å². The predicted octanol–water partition coefficient (Wildman–Crippen LogP) is 4.49. The minimum Gasteiger partial charge on any atom is -0.351 e. The first-order valence-electron chi connectivity index (χ1n) is 5.77. The molecule has 0 aromatic heterocycles. The standard InChI is InChI=1S/C15H20FN/c1-6-10-17(5)15-12(3)9-7-8-11(2)14(16)13(15)4/h6-8,10H,2,9H2,1,3-5H3/b8-7-,10-6-,14-13+,15-12+. The molecule has 2 heteroatoms. The van der Waals surface area contributed by atoms with E-state index < -0.39 is 0 Å². The smallest absolute Gasteiger partial charge is 0.134 e. The van der Waals surface area contributed by atoms with Gasteiger partial charge in [0.05, 0.1) is 0 Å². The summed E-state index contributed by atoms with van der Waals surface area (Å²) >= 11 is 0. The van der Waals surface area contributed by atoms with Crippen molar-refractivity contribution in [2.45, 2.75) is 27.2 Å². The number of halogens is 1. The quantitative estimate of drug-likeness (QED) is 0.679. The zero-order chi connectivity index (χ0) is 13.0. The number of likely N-dealkylation sites (N-methyl/N-ethyl adjacent to an activating group) is 1. The molecule has 1 aliphatic carbocycles. The molecule has 0 atom stereocenters. The molecule has 1 rings (SSSR count). The molecule has 0 N–H and O–H groups in total. The molecule has 0 saturated carbocycles. The van der Waals surface area contributed by atoms with Crippen molar-refractivity contribution in [1.29, 1.82) is 0 Å². The Morgan fingerprint density at radius 2 is 2.06 bits per heavy atom. The van der Waals surface area contributed by atoms with E-state index >= 15 is 0 Å². The second-order valence-corrected chi connectivity index (χ2v) is 4.29. The Morgan fingerprint density at radius 1 is 1.41 bits per heavy atom. The summed E-state index contributed by atoms with van der Waals surface area (Å²) < 4.78 is 14.1. The van der Waals surface area contributed by atoms with Gasteiger partial charge in [0.15, 0.2) is 0 Å². The van der Waals surface area contributed by atoms with E-state index in [1.165, 1.54) is 0 Å². The lowest BCUT2D eigenvalue weighted by Crippen LogP contribution is -2.14. The molecule has 0 unspecified atom stereocenters. The van der Waals surface area contributed by atoms with Crippen molar-refractivity contribution in [1.82, 2.24) is 4.90 Å². The van der Waals surface area contributed by atoms with Gasteiger partial charge in [-0.2, -0.15) is 0 Å². The second kappa shape index (κ2) is 5.67. The van der Waals surface area contributed by atoms with E-state index in [4.69, 9.17) is 0 Å². The molecule has 92 valence electrons. The van der Waals surface area contributed by atoms with Crippen LogP contribution < -0.4 is 0 Å². The first-order valence-corrected chi connectivity index (χ1v) is 5.77. The highest BCUT2D eigenvalue weighted by Gasteiger charge is 2.15. The molecule has 0 aromatic rings. The van der Waals surface area contributed by atoms with E-state index in [-0.39, 0.29) is 5.83 Å². The zero-order valence-electron chi connectivity index (χ0n) is 11.0. The number of allylic oxidation sites excluding steroid dienone is 7. The maximum Gasteiger partial charge on any atom is 0.134 e. The molecular weight excluding hydrogens is 213 g/mol. The molecule has 0 fully saturated rings. The lowest BCUT2D eigenvalue weighted by molar-refractivity contribution is 0.552. The third-order valence-electron chi connectivity index (χ3n) is 2.84. The normalized spacial score (nSPS) is 28.2. The van der Waals surface area contributed by atoms with Crippen LogP contribution in [-0.4, -0.2) is 11.9 Å². The summed E-state index contributed by atoms with van der Waals surface area (Å²) in [5, 5.41) is 0. The van der Waals surface area contributed by atoms with Crippen LogP contribution >= 0.6 is 0 Å². The highest BCUT2D eigenvalue weighted by Crippen LogP contribution is 2.29. The van der Waals surface area contributed by atoms with Crippen molar-refractivity contribution in [3.63, 3.8) is 0 Å². The maximum atomic E-state index is 14.1. The Kier molecular flexibility index (Phi) is 4.50. The van der Waals surface area contributed by atoms with Gasteiger partial charge in [-0.05, 0) is 39.0 Å². The first-order chi connectivity index (χ1) is 7.99. The minimum absolute atomic E-state index is 0.230. The highest BCUT2D eigenvalue weighted by atomic mass is 19.1. The third kappa shape index (κ3) is 2.96. The topological polar surface area (TPSA) is 3.24 Å². The van der Waals surface area contributed by atoms with Crippen LogP contribution in [0.1, 0.15) is 27.2 Å². The third-order valence-corrected chi connectivity index (χ3v) is 2.84.